The molecular weight excluding hydrogens is 374 g/mol. The molecule has 1 fully saturated rings. The van der Waals surface area contributed by atoms with Gasteiger partial charge in [0.25, 0.3) is 0 Å². The second-order valence-electron chi connectivity index (χ2n) is 7.40. The number of aliphatic carboxylic acids is 1. The second kappa shape index (κ2) is 6.15. The number of carbonyl (C=O) groups is 2. The average Bonchev–Trinajstić information content (AvgIpc) is 2.77. The molecule has 0 saturated carbocycles. The van der Waals surface area contributed by atoms with E-state index >= 15 is 0 Å². The minimum absolute atomic E-state index is 0.0851. The first kappa shape index (κ1) is 17.4. The number of fused-ring (bicyclic) bond motifs is 1. The summed E-state index contributed by atoms with van der Waals surface area (Å²) in [6.45, 7) is 5.66. The number of carbonyl (C=O) groups excluding carboxylic acids is 1. The normalized spacial score (nSPS) is 21.4. The Kier molecular flexibility index (Phi) is 4.47. The van der Waals surface area contributed by atoms with Crippen LogP contribution < -0.4 is 4.90 Å². The summed E-state index contributed by atoms with van der Waals surface area (Å²) in [6, 6.07) is 5.98. The van der Waals surface area contributed by atoms with Gasteiger partial charge in [0.05, 0.1) is 11.8 Å². The van der Waals surface area contributed by atoms with Crippen molar-refractivity contribution in [2.45, 2.75) is 38.5 Å². The Balaban J connectivity index is 2.00. The zero-order valence-electron chi connectivity index (χ0n) is 14.0. The maximum absolute atomic E-state index is 13.4. The third-order valence-electron chi connectivity index (χ3n) is 5.17. The molecule has 0 unspecified atom stereocenters. The number of anilines is 1. The van der Waals surface area contributed by atoms with Gasteiger partial charge in [0.1, 0.15) is 0 Å². The molecule has 1 amide bonds. The Morgan fingerprint density at radius 1 is 1.29 bits per heavy atom. The van der Waals surface area contributed by atoms with Crippen LogP contribution in [-0.2, 0) is 19.7 Å². The first-order valence-electron chi connectivity index (χ1n) is 8.17. The van der Waals surface area contributed by atoms with Gasteiger partial charge >= 0.3 is 5.97 Å². The molecule has 130 valence electrons. The lowest BCUT2D eigenvalue weighted by molar-refractivity contribution is -0.148. The van der Waals surface area contributed by atoms with Gasteiger partial charge in [-0.15, -0.1) is 0 Å². The third-order valence-corrected chi connectivity index (χ3v) is 5.66. The lowest BCUT2D eigenvalue weighted by Gasteiger charge is -2.38. The van der Waals surface area contributed by atoms with Crippen LogP contribution >= 0.6 is 15.9 Å². The fourth-order valence-electron chi connectivity index (χ4n) is 3.85. The molecule has 3 rings (SSSR count). The highest BCUT2D eigenvalue weighted by molar-refractivity contribution is 9.10. The van der Waals surface area contributed by atoms with Crippen LogP contribution in [-0.4, -0.2) is 36.7 Å². The van der Waals surface area contributed by atoms with Gasteiger partial charge < -0.3 is 14.7 Å². The smallest absolute Gasteiger partial charge is 0.304 e. The SMILES string of the molecule is CC1(C)CN(C(=O)C2(CC(=O)O)CCOCC2)c2cc(Br)ccc21. The average molecular weight is 396 g/mol. The van der Waals surface area contributed by atoms with Crippen molar-refractivity contribution in [3.63, 3.8) is 0 Å². The lowest BCUT2D eigenvalue weighted by atomic mass is 9.76. The van der Waals surface area contributed by atoms with Gasteiger partial charge in [-0.1, -0.05) is 35.8 Å². The summed E-state index contributed by atoms with van der Waals surface area (Å²) in [4.78, 5) is 26.6. The predicted molar refractivity (Wildman–Crippen MR) is 94.3 cm³/mol. The van der Waals surface area contributed by atoms with Crippen molar-refractivity contribution in [1.29, 1.82) is 0 Å². The lowest BCUT2D eigenvalue weighted by Crippen LogP contribution is -2.48. The zero-order chi connectivity index (χ0) is 17.5. The number of carboxylic acids is 1. The van der Waals surface area contributed by atoms with Gasteiger partial charge in [0.2, 0.25) is 5.91 Å². The van der Waals surface area contributed by atoms with Crippen LogP contribution in [0.15, 0.2) is 22.7 Å². The molecule has 0 bridgehead atoms. The number of hydrogen-bond acceptors (Lipinski definition) is 3. The molecule has 2 heterocycles. The molecule has 1 aromatic rings. The summed E-state index contributed by atoms with van der Waals surface area (Å²) < 4.78 is 6.29. The third kappa shape index (κ3) is 2.97. The first-order chi connectivity index (χ1) is 11.3. The van der Waals surface area contributed by atoms with Crippen molar-refractivity contribution in [1.82, 2.24) is 0 Å². The van der Waals surface area contributed by atoms with Gasteiger partial charge in [-0.05, 0) is 30.5 Å². The summed E-state index contributed by atoms with van der Waals surface area (Å²) in [5.41, 5.74) is 0.984. The number of benzene rings is 1. The largest absolute Gasteiger partial charge is 0.481 e. The van der Waals surface area contributed by atoms with Crippen molar-refractivity contribution in [3.8, 4) is 0 Å². The minimum Gasteiger partial charge on any atom is -0.481 e. The van der Waals surface area contributed by atoms with Crippen LogP contribution in [0.4, 0.5) is 5.69 Å². The minimum atomic E-state index is -0.932. The van der Waals surface area contributed by atoms with Gasteiger partial charge in [-0.25, -0.2) is 0 Å². The number of rotatable bonds is 3. The van der Waals surface area contributed by atoms with Crippen molar-refractivity contribution in [2.75, 3.05) is 24.7 Å². The molecular formula is C18H22BrNO4. The van der Waals surface area contributed by atoms with Crippen LogP contribution in [0.2, 0.25) is 0 Å². The van der Waals surface area contributed by atoms with Crippen LogP contribution in [0.1, 0.15) is 38.7 Å². The van der Waals surface area contributed by atoms with Gasteiger partial charge in [-0.2, -0.15) is 0 Å². The van der Waals surface area contributed by atoms with Crippen molar-refractivity contribution in [3.05, 3.63) is 28.2 Å². The van der Waals surface area contributed by atoms with E-state index in [2.05, 4.69) is 29.8 Å². The van der Waals surface area contributed by atoms with Gasteiger partial charge in [0.15, 0.2) is 0 Å². The monoisotopic (exact) mass is 395 g/mol. The number of amides is 1. The van der Waals surface area contributed by atoms with E-state index in [4.69, 9.17) is 4.74 Å². The highest BCUT2D eigenvalue weighted by atomic mass is 79.9. The maximum atomic E-state index is 13.4. The molecule has 2 aliphatic rings. The van der Waals surface area contributed by atoms with Crippen LogP contribution in [0.25, 0.3) is 0 Å². The summed E-state index contributed by atoms with van der Waals surface area (Å²) in [5, 5.41) is 9.35. The molecule has 5 nitrogen and oxygen atoms in total. The quantitative estimate of drug-likeness (QED) is 0.851. The number of halogens is 1. The predicted octanol–water partition coefficient (Wildman–Crippen LogP) is 3.34. The molecule has 0 aromatic heterocycles. The molecule has 24 heavy (non-hydrogen) atoms. The van der Waals surface area contributed by atoms with E-state index in [-0.39, 0.29) is 17.7 Å². The summed E-state index contributed by atoms with van der Waals surface area (Å²) in [5.74, 6) is -1.02. The van der Waals surface area contributed by atoms with Crippen molar-refractivity contribution in [2.24, 2.45) is 5.41 Å². The van der Waals surface area contributed by atoms with E-state index in [9.17, 15) is 14.7 Å². The highest BCUT2D eigenvalue weighted by Crippen LogP contribution is 2.46. The molecule has 0 radical (unpaired) electrons. The van der Waals surface area contributed by atoms with Crippen molar-refractivity contribution < 1.29 is 19.4 Å². The fourth-order valence-corrected chi connectivity index (χ4v) is 4.20. The Morgan fingerprint density at radius 3 is 2.58 bits per heavy atom. The summed E-state index contributed by atoms with van der Waals surface area (Å²) in [7, 11) is 0. The fraction of sp³-hybridized carbons (Fsp3) is 0.556. The van der Waals surface area contributed by atoms with Crippen molar-refractivity contribution >= 4 is 33.5 Å². The molecule has 1 saturated heterocycles. The molecule has 0 atom stereocenters. The second-order valence-corrected chi connectivity index (χ2v) is 8.32. The molecule has 0 aliphatic carbocycles. The summed E-state index contributed by atoms with van der Waals surface area (Å²) in [6.07, 6.45) is 0.770. The van der Waals surface area contributed by atoms with E-state index in [0.717, 1.165) is 15.7 Å². The number of ether oxygens (including phenoxy) is 1. The maximum Gasteiger partial charge on any atom is 0.304 e. The Hall–Kier alpha value is -1.40. The molecule has 2 aliphatic heterocycles. The molecule has 1 aromatic carbocycles. The summed E-state index contributed by atoms with van der Waals surface area (Å²) >= 11 is 3.48. The number of nitrogens with zero attached hydrogens (tertiary/aromatic N) is 1. The highest BCUT2D eigenvalue weighted by Gasteiger charge is 2.48. The van der Waals surface area contributed by atoms with E-state index in [1.807, 2.05) is 18.2 Å². The Bertz CT molecular complexity index is 680. The Morgan fingerprint density at radius 2 is 1.96 bits per heavy atom. The van der Waals surface area contributed by atoms with E-state index in [1.54, 1.807) is 4.90 Å². The van der Waals surface area contributed by atoms with E-state index in [1.165, 1.54) is 0 Å². The van der Waals surface area contributed by atoms with E-state index < -0.39 is 11.4 Å². The van der Waals surface area contributed by atoms with Gasteiger partial charge in [0, 0.05) is 35.3 Å². The van der Waals surface area contributed by atoms with Crippen LogP contribution in [0.3, 0.4) is 0 Å². The van der Waals surface area contributed by atoms with Gasteiger partial charge in [-0.3, -0.25) is 9.59 Å². The zero-order valence-corrected chi connectivity index (χ0v) is 15.6. The molecule has 1 N–H and O–H groups in total. The topological polar surface area (TPSA) is 66.8 Å². The van der Waals surface area contributed by atoms with E-state index in [0.29, 0.717) is 32.6 Å². The number of hydrogen-bond donors (Lipinski definition) is 1. The Labute approximate surface area is 150 Å². The molecule has 6 heteroatoms. The number of carboxylic acid groups (broad SMARTS) is 1. The van der Waals surface area contributed by atoms with Crippen LogP contribution in [0.5, 0.6) is 0 Å². The van der Waals surface area contributed by atoms with Crippen LogP contribution in [0, 0.1) is 5.41 Å². The molecule has 0 spiro atoms. The standard InChI is InChI=1S/C18H22BrNO4/c1-17(2)11-20(14-9-12(19)3-4-13(14)17)16(23)18(10-15(21)22)5-7-24-8-6-18/h3-4,9H,5-8,10-11H2,1-2H3,(H,21,22). The first-order valence-corrected chi connectivity index (χ1v) is 8.96.